The van der Waals surface area contributed by atoms with Gasteiger partial charge in [0.05, 0.1) is 18.3 Å². The lowest BCUT2D eigenvalue weighted by atomic mass is 9.47. The maximum atomic E-state index is 10.9. The number of hydrogen-bond donors (Lipinski definition) is 3. The number of fused-ring (bicyclic) bond motifs is 5. The van der Waals surface area contributed by atoms with E-state index in [0.717, 1.165) is 44.9 Å². The van der Waals surface area contributed by atoms with E-state index in [-0.39, 0.29) is 23.0 Å². The van der Waals surface area contributed by atoms with Gasteiger partial charge in [0.25, 0.3) is 0 Å². The van der Waals surface area contributed by atoms with Gasteiger partial charge < -0.3 is 15.3 Å². The maximum absolute atomic E-state index is 10.9. The number of rotatable bonds is 0. The Morgan fingerprint density at radius 1 is 0.955 bits per heavy atom. The average Bonchev–Trinajstić information content (AvgIpc) is 2.77. The van der Waals surface area contributed by atoms with Gasteiger partial charge in [-0.2, -0.15) is 0 Å². The molecule has 8 atom stereocenters. The first-order valence-corrected chi connectivity index (χ1v) is 9.11. The third-order valence-corrected chi connectivity index (χ3v) is 8.05. The molecule has 0 saturated heterocycles. The molecule has 0 aliphatic heterocycles. The van der Waals surface area contributed by atoms with Crippen molar-refractivity contribution >= 4 is 0 Å². The summed E-state index contributed by atoms with van der Waals surface area (Å²) in [6.07, 6.45) is 8.05. The van der Waals surface area contributed by atoms with Gasteiger partial charge in [-0.3, -0.25) is 0 Å². The highest BCUT2D eigenvalue weighted by molar-refractivity contribution is 5.27. The molecule has 3 saturated carbocycles. The van der Waals surface area contributed by atoms with Gasteiger partial charge in [0, 0.05) is 0 Å². The van der Waals surface area contributed by atoms with Crippen LogP contribution in [-0.4, -0.2) is 33.6 Å². The van der Waals surface area contributed by atoms with Crippen LogP contribution in [0.2, 0.25) is 0 Å². The lowest BCUT2D eigenvalue weighted by Crippen LogP contribution is -2.55. The van der Waals surface area contributed by atoms with E-state index < -0.39 is 6.10 Å². The van der Waals surface area contributed by atoms with Crippen LogP contribution >= 0.6 is 0 Å². The molecular formula is C19H30O3. The highest BCUT2D eigenvalue weighted by Gasteiger charge is 2.60. The lowest BCUT2D eigenvalue weighted by Gasteiger charge is -2.58. The third-order valence-electron chi connectivity index (χ3n) is 8.05. The predicted octanol–water partition coefficient (Wildman–Crippen LogP) is 2.64. The van der Waals surface area contributed by atoms with E-state index in [1.54, 1.807) is 0 Å². The summed E-state index contributed by atoms with van der Waals surface area (Å²) in [5.74, 6) is 1.25. The molecule has 0 aromatic rings. The minimum atomic E-state index is -0.395. The average molecular weight is 306 g/mol. The second kappa shape index (κ2) is 4.81. The minimum Gasteiger partial charge on any atom is -0.393 e. The van der Waals surface area contributed by atoms with E-state index >= 15 is 0 Å². The zero-order valence-corrected chi connectivity index (χ0v) is 13.8. The van der Waals surface area contributed by atoms with Crippen LogP contribution in [0.5, 0.6) is 0 Å². The van der Waals surface area contributed by atoms with E-state index in [2.05, 4.69) is 19.9 Å². The standard InChI is InChI=1S/C19H30O3/c1-18-7-5-12(20)9-11(18)10-15(21)17-13-3-4-16(22)19(13,2)8-6-14(17)18/h10,12-17,20-22H,3-9H2,1-2H3/t12-,13-,14-,15+,16+,17-,18-,19-/m0/s1. The van der Waals surface area contributed by atoms with Gasteiger partial charge >= 0.3 is 0 Å². The van der Waals surface area contributed by atoms with Crippen molar-refractivity contribution < 1.29 is 15.3 Å². The Kier molecular flexibility index (Phi) is 3.32. The summed E-state index contributed by atoms with van der Waals surface area (Å²) in [6.45, 7) is 4.60. The number of aliphatic hydroxyl groups excluding tert-OH is 3. The van der Waals surface area contributed by atoms with Crippen LogP contribution in [-0.2, 0) is 0 Å². The fourth-order valence-electron chi connectivity index (χ4n) is 6.60. The summed E-state index contributed by atoms with van der Waals surface area (Å²) in [6, 6.07) is 0. The first-order valence-electron chi connectivity index (χ1n) is 9.11. The van der Waals surface area contributed by atoms with Gasteiger partial charge in [-0.15, -0.1) is 0 Å². The van der Waals surface area contributed by atoms with Crippen molar-refractivity contribution in [2.24, 2.45) is 28.6 Å². The zero-order valence-electron chi connectivity index (χ0n) is 13.8. The van der Waals surface area contributed by atoms with Crippen LogP contribution in [0, 0.1) is 28.6 Å². The van der Waals surface area contributed by atoms with E-state index in [4.69, 9.17) is 0 Å². The second-order valence-electron chi connectivity index (χ2n) is 8.92. The molecule has 22 heavy (non-hydrogen) atoms. The molecule has 0 amide bonds. The van der Waals surface area contributed by atoms with Crippen molar-refractivity contribution in [1.82, 2.24) is 0 Å². The first kappa shape index (κ1) is 15.2. The van der Waals surface area contributed by atoms with E-state index in [9.17, 15) is 15.3 Å². The molecule has 0 radical (unpaired) electrons. The number of hydrogen-bond acceptors (Lipinski definition) is 3. The van der Waals surface area contributed by atoms with Crippen LogP contribution in [0.1, 0.15) is 58.8 Å². The molecule has 4 aliphatic rings. The van der Waals surface area contributed by atoms with Crippen LogP contribution in [0.4, 0.5) is 0 Å². The van der Waals surface area contributed by atoms with Crippen molar-refractivity contribution in [3.63, 3.8) is 0 Å². The van der Waals surface area contributed by atoms with Gasteiger partial charge in [0.1, 0.15) is 0 Å². The summed E-state index contributed by atoms with van der Waals surface area (Å²) in [7, 11) is 0. The molecular weight excluding hydrogens is 276 g/mol. The SMILES string of the molecule is C[C@]12CC[C@H]3[C@@H]([C@H](O)C=C4C[C@@H](O)CC[C@@]43C)[C@@H]1CC[C@H]2O. The predicted molar refractivity (Wildman–Crippen MR) is 85.1 cm³/mol. The Balaban J connectivity index is 1.73. The molecule has 3 heteroatoms. The Morgan fingerprint density at radius 3 is 2.50 bits per heavy atom. The van der Waals surface area contributed by atoms with E-state index in [0.29, 0.717) is 17.8 Å². The van der Waals surface area contributed by atoms with Gasteiger partial charge in [-0.1, -0.05) is 25.5 Å². The van der Waals surface area contributed by atoms with E-state index in [1.807, 2.05) is 0 Å². The molecule has 3 N–H and O–H groups in total. The zero-order chi connectivity index (χ0) is 15.7. The van der Waals surface area contributed by atoms with Crippen molar-refractivity contribution in [3.05, 3.63) is 11.6 Å². The molecule has 0 aromatic carbocycles. The molecule has 0 heterocycles. The highest BCUT2D eigenvalue weighted by atomic mass is 16.3. The molecule has 0 unspecified atom stereocenters. The fourth-order valence-corrected chi connectivity index (χ4v) is 6.60. The topological polar surface area (TPSA) is 60.7 Å². The van der Waals surface area contributed by atoms with Crippen molar-refractivity contribution in [1.29, 1.82) is 0 Å². The van der Waals surface area contributed by atoms with Gasteiger partial charge in [0.2, 0.25) is 0 Å². The molecule has 3 fully saturated rings. The van der Waals surface area contributed by atoms with Crippen LogP contribution in [0.3, 0.4) is 0 Å². The quantitative estimate of drug-likeness (QED) is 0.603. The molecule has 0 aromatic heterocycles. The lowest BCUT2D eigenvalue weighted by molar-refractivity contribution is -0.105. The molecule has 124 valence electrons. The Bertz CT molecular complexity index is 501. The maximum Gasteiger partial charge on any atom is 0.0757 e. The molecule has 0 bridgehead atoms. The van der Waals surface area contributed by atoms with Crippen molar-refractivity contribution in [2.75, 3.05) is 0 Å². The van der Waals surface area contributed by atoms with Gasteiger partial charge in [-0.05, 0) is 73.5 Å². The van der Waals surface area contributed by atoms with Crippen molar-refractivity contribution in [2.45, 2.75) is 77.1 Å². The third kappa shape index (κ3) is 1.85. The summed E-state index contributed by atoms with van der Waals surface area (Å²) < 4.78 is 0. The monoisotopic (exact) mass is 306 g/mol. The molecule has 0 spiro atoms. The Hall–Kier alpha value is -0.380. The summed E-state index contributed by atoms with van der Waals surface area (Å²) in [5.41, 5.74) is 1.44. The Morgan fingerprint density at radius 2 is 1.73 bits per heavy atom. The summed E-state index contributed by atoms with van der Waals surface area (Å²) >= 11 is 0. The van der Waals surface area contributed by atoms with Crippen LogP contribution in [0.15, 0.2) is 11.6 Å². The fraction of sp³-hybridized carbons (Fsp3) is 0.895. The van der Waals surface area contributed by atoms with Gasteiger partial charge in [0.15, 0.2) is 0 Å². The minimum absolute atomic E-state index is 0.00195. The second-order valence-corrected chi connectivity index (χ2v) is 8.92. The molecule has 3 nitrogen and oxygen atoms in total. The van der Waals surface area contributed by atoms with Crippen LogP contribution < -0.4 is 0 Å². The first-order chi connectivity index (χ1) is 10.4. The van der Waals surface area contributed by atoms with Crippen LogP contribution in [0.25, 0.3) is 0 Å². The molecule has 4 aliphatic carbocycles. The highest BCUT2D eigenvalue weighted by Crippen LogP contribution is 2.64. The number of aliphatic hydroxyl groups is 3. The summed E-state index contributed by atoms with van der Waals surface area (Å²) in [5, 5.41) is 31.3. The van der Waals surface area contributed by atoms with Gasteiger partial charge in [-0.25, -0.2) is 0 Å². The molecule has 4 rings (SSSR count). The smallest absolute Gasteiger partial charge is 0.0757 e. The van der Waals surface area contributed by atoms with Crippen molar-refractivity contribution in [3.8, 4) is 0 Å². The largest absolute Gasteiger partial charge is 0.393 e. The Labute approximate surface area is 133 Å². The summed E-state index contributed by atoms with van der Waals surface area (Å²) in [4.78, 5) is 0. The normalized spacial score (nSPS) is 57.6. The van der Waals surface area contributed by atoms with E-state index in [1.165, 1.54) is 5.57 Å².